The number of nitro groups is 1. The van der Waals surface area contributed by atoms with Crippen molar-refractivity contribution in [3.8, 4) is 0 Å². The zero-order valence-electron chi connectivity index (χ0n) is 12.2. The normalized spacial score (nSPS) is 10.2. The molecule has 8 nitrogen and oxygen atoms in total. The number of rotatable bonds is 6. The first kappa shape index (κ1) is 15.5. The number of aryl methyl sites for hydroxylation is 2. The number of amides is 2. The Hall–Kier alpha value is -2.90. The van der Waals surface area contributed by atoms with Gasteiger partial charge in [0.2, 0.25) is 0 Å². The third-order valence-electron chi connectivity index (χ3n) is 3.12. The van der Waals surface area contributed by atoms with Crippen LogP contribution in [0.3, 0.4) is 0 Å². The first-order chi connectivity index (χ1) is 10.6. The number of nitro benzene ring substituents is 1. The highest BCUT2D eigenvalue weighted by Crippen LogP contribution is 2.21. The van der Waals surface area contributed by atoms with Crippen LogP contribution in [0.5, 0.6) is 0 Å². The molecule has 0 saturated heterocycles. The lowest BCUT2D eigenvalue weighted by atomic mass is 10.2. The van der Waals surface area contributed by atoms with Gasteiger partial charge in [-0.2, -0.15) is 0 Å². The smallest absolute Gasteiger partial charge is 0.319 e. The molecular formula is C14H17N5O3. The van der Waals surface area contributed by atoms with Crippen LogP contribution in [0.4, 0.5) is 16.2 Å². The van der Waals surface area contributed by atoms with E-state index in [2.05, 4.69) is 15.6 Å². The molecule has 22 heavy (non-hydrogen) atoms. The van der Waals surface area contributed by atoms with Crippen LogP contribution in [-0.4, -0.2) is 27.1 Å². The van der Waals surface area contributed by atoms with Crippen LogP contribution < -0.4 is 10.6 Å². The maximum atomic E-state index is 11.8. The van der Waals surface area contributed by atoms with Gasteiger partial charge in [0.15, 0.2) is 0 Å². The summed E-state index contributed by atoms with van der Waals surface area (Å²) in [6.07, 6.45) is 6.03. The number of urea groups is 1. The molecule has 1 aromatic carbocycles. The molecule has 0 atom stereocenters. The summed E-state index contributed by atoms with van der Waals surface area (Å²) in [4.78, 5) is 26.0. The fraction of sp³-hybridized carbons (Fsp3) is 0.286. The number of hydrogen-bond acceptors (Lipinski definition) is 4. The topological polar surface area (TPSA) is 102 Å². The van der Waals surface area contributed by atoms with Crippen molar-refractivity contribution in [2.24, 2.45) is 0 Å². The Balaban J connectivity index is 1.81. The fourth-order valence-electron chi connectivity index (χ4n) is 1.91. The molecule has 116 valence electrons. The van der Waals surface area contributed by atoms with E-state index in [4.69, 9.17) is 0 Å². The van der Waals surface area contributed by atoms with Gasteiger partial charge in [-0.15, -0.1) is 0 Å². The van der Waals surface area contributed by atoms with Crippen molar-refractivity contribution in [1.29, 1.82) is 0 Å². The number of nitrogens with zero attached hydrogens (tertiary/aromatic N) is 3. The largest absolute Gasteiger partial charge is 0.338 e. The van der Waals surface area contributed by atoms with Gasteiger partial charge in [-0.1, -0.05) is 6.07 Å². The maximum Gasteiger partial charge on any atom is 0.319 e. The summed E-state index contributed by atoms with van der Waals surface area (Å²) in [5.74, 6) is 0. The number of anilines is 1. The van der Waals surface area contributed by atoms with Crippen molar-refractivity contribution in [3.63, 3.8) is 0 Å². The lowest BCUT2D eigenvalue weighted by molar-refractivity contribution is -0.384. The summed E-state index contributed by atoms with van der Waals surface area (Å²) in [6, 6.07) is 3.98. The summed E-state index contributed by atoms with van der Waals surface area (Å²) >= 11 is 0. The molecule has 0 aliphatic carbocycles. The summed E-state index contributed by atoms with van der Waals surface area (Å²) in [7, 11) is 0. The van der Waals surface area contributed by atoms with Gasteiger partial charge in [-0.05, 0) is 18.9 Å². The lowest BCUT2D eigenvalue weighted by Gasteiger charge is -2.10. The first-order valence-electron chi connectivity index (χ1n) is 6.82. The zero-order valence-corrected chi connectivity index (χ0v) is 12.2. The van der Waals surface area contributed by atoms with Gasteiger partial charge in [-0.3, -0.25) is 10.1 Å². The van der Waals surface area contributed by atoms with E-state index in [1.54, 1.807) is 25.5 Å². The van der Waals surface area contributed by atoms with E-state index in [0.29, 0.717) is 12.2 Å². The number of benzene rings is 1. The zero-order chi connectivity index (χ0) is 15.9. The first-order valence-corrected chi connectivity index (χ1v) is 6.82. The van der Waals surface area contributed by atoms with Crippen LogP contribution in [0.2, 0.25) is 0 Å². The van der Waals surface area contributed by atoms with Crippen LogP contribution >= 0.6 is 0 Å². The molecule has 2 aromatic rings. The average Bonchev–Trinajstić information content (AvgIpc) is 2.99. The van der Waals surface area contributed by atoms with Crippen LogP contribution in [0.15, 0.2) is 36.9 Å². The molecule has 0 spiro atoms. The van der Waals surface area contributed by atoms with E-state index in [-0.39, 0.29) is 11.7 Å². The summed E-state index contributed by atoms with van der Waals surface area (Å²) in [5.41, 5.74) is 1.14. The van der Waals surface area contributed by atoms with E-state index < -0.39 is 4.92 Å². The van der Waals surface area contributed by atoms with Crippen molar-refractivity contribution < 1.29 is 9.72 Å². The van der Waals surface area contributed by atoms with Crippen molar-refractivity contribution >= 4 is 17.4 Å². The van der Waals surface area contributed by atoms with E-state index in [1.165, 1.54) is 12.1 Å². The van der Waals surface area contributed by atoms with Gasteiger partial charge in [0, 0.05) is 37.6 Å². The lowest BCUT2D eigenvalue weighted by Crippen LogP contribution is -2.30. The SMILES string of the molecule is Cc1ccc([N+](=O)[O-])cc1NC(=O)NCCCn1ccnc1. The molecule has 0 aliphatic rings. The number of carbonyl (C=O) groups is 1. The second-order valence-electron chi connectivity index (χ2n) is 4.79. The van der Waals surface area contributed by atoms with Gasteiger partial charge in [0.05, 0.1) is 16.9 Å². The second-order valence-corrected chi connectivity index (χ2v) is 4.79. The highest BCUT2D eigenvalue weighted by Gasteiger charge is 2.10. The third-order valence-corrected chi connectivity index (χ3v) is 3.12. The molecule has 0 unspecified atom stereocenters. The minimum atomic E-state index is -0.492. The van der Waals surface area contributed by atoms with Crippen LogP contribution in [-0.2, 0) is 6.54 Å². The van der Waals surface area contributed by atoms with E-state index >= 15 is 0 Å². The quantitative estimate of drug-likeness (QED) is 0.485. The molecule has 2 N–H and O–H groups in total. The molecule has 0 bridgehead atoms. The number of hydrogen-bond donors (Lipinski definition) is 2. The van der Waals surface area contributed by atoms with Crippen LogP contribution in [0.1, 0.15) is 12.0 Å². The van der Waals surface area contributed by atoms with Crippen molar-refractivity contribution in [1.82, 2.24) is 14.9 Å². The van der Waals surface area contributed by atoms with Gasteiger partial charge in [0.25, 0.3) is 5.69 Å². The highest BCUT2D eigenvalue weighted by atomic mass is 16.6. The predicted molar refractivity (Wildman–Crippen MR) is 81.7 cm³/mol. The van der Waals surface area contributed by atoms with Crippen molar-refractivity contribution in [2.75, 3.05) is 11.9 Å². The standard InChI is InChI=1S/C14H17N5O3/c1-11-3-4-12(19(21)22)9-13(11)17-14(20)16-5-2-7-18-8-6-15-10-18/h3-4,6,8-10H,2,5,7H2,1H3,(H2,16,17,20). The molecule has 1 aromatic heterocycles. The van der Waals surface area contributed by atoms with Crippen molar-refractivity contribution in [2.45, 2.75) is 19.9 Å². The second kappa shape index (κ2) is 7.21. The van der Waals surface area contributed by atoms with Gasteiger partial charge < -0.3 is 15.2 Å². The minimum absolute atomic E-state index is 0.0546. The van der Waals surface area contributed by atoms with Gasteiger partial charge >= 0.3 is 6.03 Å². The van der Waals surface area contributed by atoms with Crippen LogP contribution in [0, 0.1) is 17.0 Å². The van der Waals surface area contributed by atoms with Crippen LogP contribution in [0.25, 0.3) is 0 Å². The Morgan fingerprint density at radius 3 is 2.95 bits per heavy atom. The number of carbonyl (C=O) groups excluding carboxylic acids is 1. The molecule has 0 aliphatic heterocycles. The molecular weight excluding hydrogens is 286 g/mol. The molecule has 2 amide bonds. The molecule has 0 fully saturated rings. The Morgan fingerprint density at radius 1 is 1.45 bits per heavy atom. The van der Waals surface area contributed by atoms with E-state index in [0.717, 1.165) is 18.5 Å². The molecule has 0 saturated carbocycles. The monoisotopic (exact) mass is 303 g/mol. The number of aromatic nitrogens is 2. The number of nitrogens with one attached hydrogen (secondary N) is 2. The minimum Gasteiger partial charge on any atom is -0.338 e. The van der Waals surface area contributed by atoms with Gasteiger partial charge in [-0.25, -0.2) is 9.78 Å². The third kappa shape index (κ3) is 4.30. The average molecular weight is 303 g/mol. The Kier molecular flexibility index (Phi) is 5.07. The predicted octanol–water partition coefficient (Wildman–Crippen LogP) is 2.31. The maximum absolute atomic E-state index is 11.8. The fourth-order valence-corrected chi connectivity index (χ4v) is 1.91. The number of non-ortho nitro benzene ring substituents is 1. The van der Waals surface area contributed by atoms with E-state index in [9.17, 15) is 14.9 Å². The Labute approximate surface area is 127 Å². The Morgan fingerprint density at radius 2 is 2.27 bits per heavy atom. The molecule has 0 radical (unpaired) electrons. The molecule has 8 heteroatoms. The summed E-state index contributed by atoms with van der Waals surface area (Å²) in [6.45, 7) is 3.03. The summed E-state index contributed by atoms with van der Waals surface area (Å²) < 4.78 is 1.92. The van der Waals surface area contributed by atoms with Crippen molar-refractivity contribution in [3.05, 3.63) is 52.6 Å². The van der Waals surface area contributed by atoms with E-state index in [1.807, 2.05) is 10.8 Å². The van der Waals surface area contributed by atoms with Gasteiger partial charge in [0.1, 0.15) is 0 Å². The number of imidazole rings is 1. The molecule has 1 heterocycles. The highest BCUT2D eigenvalue weighted by molar-refractivity contribution is 5.90. The molecule has 2 rings (SSSR count). The summed E-state index contributed by atoms with van der Waals surface area (Å²) in [5, 5.41) is 16.1. The Bertz CT molecular complexity index is 655.